The Morgan fingerprint density at radius 2 is 1.92 bits per heavy atom. The largest absolute Gasteiger partial charge is 0.461 e. The van der Waals surface area contributed by atoms with Gasteiger partial charge in [-0.2, -0.15) is 8.78 Å². The molecule has 0 atom stereocenters. The lowest BCUT2D eigenvalue weighted by Crippen LogP contribution is -2.35. The van der Waals surface area contributed by atoms with E-state index < -0.39 is 18.5 Å². The van der Waals surface area contributed by atoms with Gasteiger partial charge in [0.1, 0.15) is 6.61 Å². The molecule has 0 aliphatic rings. The predicted octanol–water partition coefficient (Wildman–Crippen LogP) is 1.22. The van der Waals surface area contributed by atoms with Crippen LogP contribution in [0.4, 0.5) is 8.78 Å². The van der Waals surface area contributed by atoms with E-state index in [1.54, 1.807) is 6.92 Å². The zero-order valence-electron chi connectivity index (χ0n) is 7.10. The van der Waals surface area contributed by atoms with E-state index >= 15 is 0 Å². The molecule has 0 fully saturated rings. The summed E-state index contributed by atoms with van der Waals surface area (Å²) in [5, 5.41) is 0. The van der Waals surface area contributed by atoms with Gasteiger partial charge in [0.15, 0.2) is 0 Å². The first-order chi connectivity index (χ1) is 5.54. The molecule has 12 heavy (non-hydrogen) atoms. The van der Waals surface area contributed by atoms with Crippen molar-refractivity contribution in [1.29, 1.82) is 0 Å². The van der Waals surface area contributed by atoms with Crippen LogP contribution in [0.5, 0.6) is 0 Å². The van der Waals surface area contributed by atoms with E-state index in [-0.39, 0.29) is 13.2 Å². The molecule has 0 aliphatic heterocycles. The normalized spacial score (nSPS) is 11.3. The van der Waals surface area contributed by atoms with Gasteiger partial charge in [-0.15, -0.1) is 0 Å². The Morgan fingerprint density at radius 3 is 2.33 bits per heavy atom. The molecule has 0 radical (unpaired) electrons. The van der Waals surface area contributed by atoms with Gasteiger partial charge in [0.25, 0.3) is 0 Å². The molecule has 0 rings (SSSR count). The molecule has 0 N–H and O–H groups in total. The third kappa shape index (κ3) is 3.61. The molecule has 0 aromatic rings. The molecule has 0 spiro atoms. The van der Waals surface area contributed by atoms with E-state index in [2.05, 4.69) is 9.47 Å². The molecule has 5 heteroatoms. The Labute approximate surface area is 69.6 Å². The van der Waals surface area contributed by atoms with Gasteiger partial charge in [0.05, 0.1) is 6.61 Å². The lowest BCUT2D eigenvalue weighted by atomic mass is 10.4. The van der Waals surface area contributed by atoms with Crippen LogP contribution in [0.1, 0.15) is 13.8 Å². The van der Waals surface area contributed by atoms with Crippen molar-refractivity contribution in [3.8, 4) is 0 Å². The van der Waals surface area contributed by atoms with Crippen LogP contribution < -0.4 is 0 Å². The van der Waals surface area contributed by atoms with Gasteiger partial charge in [0, 0.05) is 6.61 Å². The molecule has 0 aromatic carbocycles. The van der Waals surface area contributed by atoms with E-state index in [9.17, 15) is 13.6 Å². The summed E-state index contributed by atoms with van der Waals surface area (Å²) >= 11 is 0. The maximum Gasteiger partial charge on any atom is 0.379 e. The molecule has 3 nitrogen and oxygen atoms in total. The maximum atomic E-state index is 12.6. The minimum absolute atomic E-state index is 0.0550. The quantitative estimate of drug-likeness (QED) is 0.600. The van der Waals surface area contributed by atoms with Gasteiger partial charge in [-0.25, -0.2) is 4.79 Å². The van der Waals surface area contributed by atoms with Crippen LogP contribution in [0.15, 0.2) is 0 Å². The lowest BCUT2D eigenvalue weighted by molar-refractivity contribution is -0.179. The minimum Gasteiger partial charge on any atom is -0.461 e. The number of hydrogen-bond acceptors (Lipinski definition) is 3. The first kappa shape index (κ1) is 11.3. The van der Waals surface area contributed by atoms with Crippen LogP contribution in [0.3, 0.4) is 0 Å². The number of carbonyl (C=O) groups is 1. The number of alkyl halides is 2. The summed E-state index contributed by atoms with van der Waals surface area (Å²) in [7, 11) is 0. The molecule has 0 heterocycles. The molecule has 0 amide bonds. The summed E-state index contributed by atoms with van der Waals surface area (Å²) < 4.78 is 33.7. The third-order valence-corrected chi connectivity index (χ3v) is 1.06. The average molecular weight is 182 g/mol. The van der Waals surface area contributed by atoms with Gasteiger partial charge in [0.2, 0.25) is 0 Å². The second kappa shape index (κ2) is 5.03. The van der Waals surface area contributed by atoms with E-state index in [4.69, 9.17) is 0 Å². The fraction of sp³-hybridized carbons (Fsp3) is 0.857. The molecule has 72 valence electrons. The van der Waals surface area contributed by atoms with E-state index in [0.29, 0.717) is 0 Å². The number of halogens is 2. The van der Waals surface area contributed by atoms with Gasteiger partial charge in [-0.3, -0.25) is 0 Å². The fourth-order valence-electron chi connectivity index (χ4n) is 0.526. The standard InChI is InChI=1S/C7H12F2O3/c1-3-11-5-7(8,9)6(10)12-4-2/h3-5H2,1-2H3. The number of carbonyl (C=O) groups excluding carboxylic acids is 1. The molecule has 0 unspecified atom stereocenters. The van der Waals surface area contributed by atoms with Crippen LogP contribution in [0.25, 0.3) is 0 Å². The van der Waals surface area contributed by atoms with Crippen molar-refractivity contribution in [2.24, 2.45) is 0 Å². The van der Waals surface area contributed by atoms with Crippen molar-refractivity contribution in [2.75, 3.05) is 19.8 Å². The van der Waals surface area contributed by atoms with Crippen LogP contribution >= 0.6 is 0 Å². The zero-order valence-corrected chi connectivity index (χ0v) is 7.10. The lowest BCUT2D eigenvalue weighted by Gasteiger charge is -2.13. The van der Waals surface area contributed by atoms with Crippen molar-refractivity contribution in [1.82, 2.24) is 0 Å². The summed E-state index contributed by atoms with van der Waals surface area (Å²) in [6, 6.07) is 0. The summed E-state index contributed by atoms with van der Waals surface area (Å²) in [6.45, 7) is 2.22. The van der Waals surface area contributed by atoms with Gasteiger partial charge in [-0.05, 0) is 13.8 Å². The summed E-state index contributed by atoms with van der Waals surface area (Å²) in [5.41, 5.74) is 0. The second-order valence-electron chi connectivity index (χ2n) is 2.06. The highest BCUT2D eigenvalue weighted by Gasteiger charge is 2.40. The van der Waals surface area contributed by atoms with Crippen molar-refractivity contribution >= 4 is 5.97 Å². The highest BCUT2D eigenvalue weighted by Crippen LogP contribution is 2.15. The number of esters is 1. The predicted molar refractivity (Wildman–Crippen MR) is 38.1 cm³/mol. The second-order valence-corrected chi connectivity index (χ2v) is 2.06. The maximum absolute atomic E-state index is 12.6. The number of ether oxygens (including phenoxy) is 2. The summed E-state index contributed by atoms with van der Waals surface area (Å²) in [5.74, 6) is -5.05. The van der Waals surface area contributed by atoms with Crippen molar-refractivity contribution in [3.05, 3.63) is 0 Å². The molecular weight excluding hydrogens is 170 g/mol. The van der Waals surface area contributed by atoms with Crippen LogP contribution in [-0.4, -0.2) is 31.7 Å². The van der Waals surface area contributed by atoms with Gasteiger partial charge < -0.3 is 9.47 Å². The first-order valence-electron chi connectivity index (χ1n) is 3.67. The van der Waals surface area contributed by atoms with Gasteiger partial charge in [-0.1, -0.05) is 0 Å². The highest BCUT2D eigenvalue weighted by molar-refractivity contribution is 5.77. The molecule has 0 bridgehead atoms. The molecule has 0 aliphatic carbocycles. The molecular formula is C7H12F2O3. The number of hydrogen-bond donors (Lipinski definition) is 0. The molecule has 0 saturated carbocycles. The Hall–Kier alpha value is -0.710. The summed E-state index contributed by atoms with van der Waals surface area (Å²) in [6.07, 6.45) is 0. The van der Waals surface area contributed by atoms with E-state index in [1.165, 1.54) is 6.92 Å². The minimum atomic E-state index is -3.52. The SMILES string of the molecule is CCOCC(F)(F)C(=O)OCC. The topological polar surface area (TPSA) is 35.5 Å². The Morgan fingerprint density at radius 1 is 1.33 bits per heavy atom. The smallest absolute Gasteiger partial charge is 0.379 e. The first-order valence-corrected chi connectivity index (χ1v) is 3.67. The van der Waals surface area contributed by atoms with E-state index in [1.807, 2.05) is 0 Å². The highest BCUT2D eigenvalue weighted by atomic mass is 19.3. The van der Waals surface area contributed by atoms with Crippen LogP contribution in [0, 0.1) is 0 Å². The zero-order chi connectivity index (χ0) is 9.61. The van der Waals surface area contributed by atoms with Crippen LogP contribution in [0.2, 0.25) is 0 Å². The van der Waals surface area contributed by atoms with Crippen molar-refractivity contribution < 1.29 is 23.0 Å². The Balaban J connectivity index is 3.90. The number of rotatable bonds is 5. The van der Waals surface area contributed by atoms with Crippen molar-refractivity contribution in [2.45, 2.75) is 19.8 Å². The van der Waals surface area contributed by atoms with Gasteiger partial charge >= 0.3 is 11.9 Å². The Kier molecular flexibility index (Phi) is 4.73. The van der Waals surface area contributed by atoms with E-state index in [0.717, 1.165) is 0 Å². The average Bonchev–Trinajstić information content (AvgIpc) is 2.01. The van der Waals surface area contributed by atoms with Crippen molar-refractivity contribution in [3.63, 3.8) is 0 Å². The Bertz CT molecular complexity index is 148. The van der Waals surface area contributed by atoms with Crippen LogP contribution in [-0.2, 0) is 14.3 Å². The monoisotopic (exact) mass is 182 g/mol. The molecule has 0 saturated heterocycles. The summed E-state index contributed by atoms with van der Waals surface area (Å²) in [4.78, 5) is 10.5. The third-order valence-electron chi connectivity index (χ3n) is 1.06. The molecule has 0 aromatic heterocycles. The fourth-order valence-corrected chi connectivity index (χ4v) is 0.526.